The first kappa shape index (κ1) is 13.2. The number of esters is 1. The predicted octanol–water partition coefficient (Wildman–Crippen LogP) is 3.32. The molecular weight excluding hydrogens is 176 g/mol. The molecule has 0 aliphatic rings. The smallest absolute Gasteiger partial charge is 0.308 e. The van der Waals surface area contributed by atoms with Crippen LogP contribution in [0.4, 0.5) is 0 Å². The molecule has 0 rings (SSSR count). The molecule has 0 aliphatic heterocycles. The van der Waals surface area contributed by atoms with E-state index in [1.165, 1.54) is 0 Å². The highest BCUT2D eigenvalue weighted by Crippen LogP contribution is 2.09. The molecule has 14 heavy (non-hydrogen) atoms. The van der Waals surface area contributed by atoms with Crippen LogP contribution in [-0.2, 0) is 9.53 Å². The van der Waals surface area contributed by atoms with Gasteiger partial charge in [0.25, 0.3) is 0 Å². The summed E-state index contributed by atoms with van der Waals surface area (Å²) < 4.78 is 5.14. The maximum Gasteiger partial charge on any atom is 0.308 e. The summed E-state index contributed by atoms with van der Waals surface area (Å²) in [5, 5.41) is 0. The SMILES string of the molecule is CCC=CCCOC(=O)C(CC)CC. The van der Waals surface area contributed by atoms with Gasteiger partial charge in [-0.15, -0.1) is 0 Å². The first-order chi connectivity index (χ1) is 6.76. The lowest BCUT2D eigenvalue weighted by molar-refractivity contribution is -0.148. The highest BCUT2D eigenvalue weighted by molar-refractivity contribution is 5.72. The normalized spacial score (nSPS) is 11.1. The van der Waals surface area contributed by atoms with Gasteiger partial charge in [-0.25, -0.2) is 0 Å². The minimum Gasteiger partial charge on any atom is -0.465 e. The van der Waals surface area contributed by atoms with Crippen molar-refractivity contribution in [3.63, 3.8) is 0 Å². The van der Waals surface area contributed by atoms with Gasteiger partial charge in [-0.2, -0.15) is 0 Å². The van der Waals surface area contributed by atoms with Crippen LogP contribution in [0.5, 0.6) is 0 Å². The van der Waals surface area contributed by atoms with E-state index in [2.05, 4.69) is 19.1 Å². The van der Waals surface area contributed by atoms with Crippen LogP contribution in [0.15, 0.2) is 12.2 Å². The molecule has 0 aromatic carbocycles. The molecule has 0 radical (unpaired) electrons. The van der Waals surface area contributed by atoms with Gasteiger partial charge in [0.1, 0.15) is 0 Å². The van der Waals surface area contributed by atoms with Crippen LogP contribution in [0.3, 0.4) is 0 Å². The minimum absolute atomic E-state index is 0.0418. The van der Waals surface area contributed by atoms with Crippen molar-refractivity contribution in [3.8, 4) is 0 Å². The first-order valence-electron chi connectivity index (χ1n) is 5.57. The van der Waals surface area contributed by atoms with Crippen molar-refractivity contribution in [2.24, 2.45) is 5.92 Å². The maximum absolute atomic E-state index is 11.4. The molecule has 0 bridgehead atoms. The van der Waals surface area contributed by atoms with E-state index in [4.69, 9.17) is 4.74 Å². The summed E-state index contributed by atoms with van der Waals surface area (Å²) in [5.41, 5.74) is 0. The molecule has 0 aromatic rings. The summed E-state index contributed by atoms with van der Waals surface area (Å²) >= 11 is 0. The van der Waals surface area contributed by atoms with Crippen molar-refractivity contribution >= 4 is 5.97 Å². The van der Waals surface area contributed by atoms with E-state index in [9.17, 15) is 4.79 Å². The Bertz CT molecular complexity index is 169. The molecule has 0 aromatic heterocycles. The highest BCUT2D eigenvalue weighted by atomic mass is 16.5. The Balaban J connectivity index is 3.57. The van der Waals surface area contributed by atoms with E-state index in [1.54, 1.807) is 0 Å². The van der Waals surface area contributed by atoms with Crippen LogP contribution in [0.1, 0.15) is 46.5 Å². The van der Waals surface area contributed by atoms with Crippen LogP contribution in [-0.4, -0.2) is 12.6 Å². The predicted molar refractivity (Wildman–Crippen MR) is 59.1 cm³/mol. The Hall–Kier alpha value is -0.790. The van der Waals surface area contributed by atoms with Crippen molar-refractivity contribution in [2.75, 3.05) is 6.61 Å². The number of carbonyl (C=O) groups excluding carboxylic acids is 1. The van der Waals surface area contributed by atoms with Gasteiger partial charge in [0.2, 0.25) is 0 Å². The Labute approximate surface area is 87.3 Å². The number of allylic oxidation sites excluding steroid dienone is 1. The fourth-order valence-electron chi connectivity index (χ4n) is 1.25. The average molecular weight is 198 g/mol. The van der Waals surface area contributed by atoms with E-state index in [1.807, 2.05) is 13.8 Å². The van der Waals surface area contributed by atoms with E-state index in [-0.39, 0.29) is 11.9 Å². The van der Waals surface area contributed by atoms with Gasteiger partial charge >= 0.3 is 5.97 Å². The molecule has 82 valence electrons. The zero-order valence-corrected chi connectivity index (χ0v) is 9.58. The number of carbonyl (C=O) groups is 1. The van der Waals surface area contributed by atoms with Crippen molar-refractivity contribution in [3.05, 3.63) is 12.2 Å². The summed E-state index contributed by atoms with van der Waals surface area (Å²) in [6.45, 7) is 6.65. The van der Waals surface area contributed by atoms with Crippen LogP contribution in [0, 0.1) is 5.92 Å². The monoisotopic (exact) mass is 198 g/mol. The molecule has 0 saturated carbocycles. The second-order valence-corrected chi connectivity index (χ2v) is 3.35. The number of ether oxygens (including phenoxy) is 1. The zero-order chi connectivity index (χ0) is 10.8. The molecule has 0 spiro atoms. The summed E-state index contributed by atoms with van der Waals surface area (Å²) in [7, 11) is 0. The Morgan fingerprint density at radius 3 is 2.36 bits per heavy atom. The van der Waals surface area contributed by atoms with E-state index < -0.39 is 0 Å². The molecule has 2 heteroatoms. The van der Waals surface area contributed by atoms with Gasteiger partial charge in [0, 0.05) is 0 Å². The third kappa shape index (κ3) is 5.79. The lowest BCUT2D eigenvalue weighted by atomic mass is 10.0. The number of rotatable bonds is 7. The number of hydrogen-bond donors (Lipinski definition) is 0. The molecular formula is C12H22O2. The molecule has 0 unspecified atom stereocenters. The van der Waals surface area contributed by atoms with Gasteiger partial charge in [-0.3, -0.25) is 4.79 Å². The molecule has 0 N–H and O–H groups in total. The van der Waals surface area contributed by atoms with Crippen molar-refractivity contribution in [1.82, 2.24) is 0 Å². The topological polar surface area (TPSA) is 26.3 Å². The van der Waals surface area contributed by atoms with Crippen LogP contribution in [0.2, 0.25) is 0 Å². The van der Waals surface area contributed by atoms with Crippen molar-refractivity contribution in [1.29, 1.82) is 0 Å². The number of hydrogen-bond acceptors (Lipinski definition) is 2. The third-order valence-electron chi connectivity index (χ3n) is 2.25. The van der Waals surface area contributed by atoms with Crippen molar-refractivity contribution < 1.29 is 9.53 Å². The van der Waals surface area contributed by atoms with Crippen molar-refractivity contribution in [2.45, 2.75) is 46.5 Å². The summed E-state index contributed by atoms with van der Waals surface area (Å²) in [6.07, 6.45) is 7.77. The third-order valence-corrected chi connectivity index (χ3v) is 2.25. The van der Waals surface area contributed by atoms with Crippen LogP contribution in [0.25, 0.3) is 0 Å². The van der Waals surface area contributed by atoms with Gasteiger partial charge in [-0.05, 0) is 25.7 Å². The largest absolute Gasteiger partial charge is 0.465 e. The minimum atomic E-state index is -0.0418. The second-order valence-electron chi connectivity index (χ2n) is 3.35. The molecule has 0 atom stereocenters. The summed E-state index contributed by atoms with van der Waals surface area (Å²) in [5.74, 6) is 0.0463. The Morgan fingerprint density at radius 2 is 1.86 bits per heavy atom. The van der Waals surface area contributed by atoms with Gasteiger partial charge in [0.05, 0.1) is 12.5 Å². The molecule has 2 nitrogen and oxygen atoms in total. The second kappa shape index (κ2) is 8.79. The van der Waals surface area contributed by atoms with Gasteiger partial charge < -0.3 is 4.74 Å². The quantitative estimate of drug-likeness (QED) is 0.356. The van der Waals surface area contributed by atoms with E-state index in [0.717, 1.165) is 25.7 Å². The van der Waals surface area contributed by atoms with Gasteiger partial charge in [-0.1, -0.05) is 32.9 Å². The molecule has 0 saturated heterocycles. The fourth-order valence-corrected chi connectivity index (χ4v) is 1.25. The Kier molecular flexibility index (Phi) is 8.30. The van der Waals surface area contributed by atoms with E-state index >= 15 is 0 Å². The molecule has 0 aliphatic carbocycles. The van der Waals surface area contributed by atoms with Crippen LogP contribution < -0.4 is 0 Å². The fraction of sp³-hybridized carbons (Fsp3) is 0.750. The van der Waals surface area contributed by atoms with E-state index in [0.29, 0.717) is 6.61 Å². The highest BCUT2D eigenvalue weighted by Gasteiger charge is 2.14. The van der Waals surface area contributed by atoms with Gasteiger partial charge in [0.15, 0.2) is 0 Å². The van der Waals surface area contributed by atoms with Crippen LogP contribution >= 0.6 is 0 Å². The molecule has 0 heterocycles. The summed E-state index contributed by atoms with van der Waals surface area (Å²) in [4.78, 5) is 11.4. The lowest BCUT2D eigenvalue weighted by Gasteiger charge is -2.10. The molecule has 0 amide bonds. The Morgan fingerprint density at radius 1 is 1.21 bits per heavy atom. The summed E-state index contributed by atoms with van der Waals surface area (Å²) in [6, 6.07) is 0. The lowest BCUT2D eigenvalue weighted by Crippen LogP contribution is -2.16. The first-order valence-corrected chi connectivity index (χ1v) is 5.57. The maximum atomic E-state index is 11.4. The molecule has 0 fully saturated rings. The zero-order valence-electron chi connectivity index (χ0n) is 9.58. The standard InChI is InChI=1S/C12H22O2/c1-4-7-8-9-10-14-12(13)11(5-2)6-3/h7-8,11H,4-6,9-10H2,1-3H3. The average Bonchev–Trinajstić information content (AvgIpc) is 2.19.